The molecule has 21 heavy (non-hydrogen) atoms. The Labute approximate surface area is 130 Å². The highest BCUT2D eigenvalue weighted by atomic mass is 16.1. The van der Waals surface area contributed by atoms with Crippen LogP contribution in [0, 0.1) is 6.92 Å². The molecule has 0 aliphatic heterocycles. The summed E-state index contributed by atoms with van der Waals surface area (Å²) in [4.78, 5) is 16.2. The Balaban J connectivity index is 1.99. The van der Waals surface area contributed by atoms with Crippen LogP contribution in [0.25, 0.3) is 0 Å². The number of carbonyl (C=O) groups is 1. The van der Waals surface area contributed by atoms with E-state index >= 15 is 0 Å². The molecule has 0 fully saturated rings. The van der Waals surface area contributed by atoms with Crippen LogP contribution in [0.2, 0.25) is 0 Å². The molecule has 0 amide bonds. The summed E-state index contributed by atoms with van der Waals surface area (Å²) in [6.45, 7) is 4.17. The first kappa shape index (κ1) is 17.9. The second-order valence-corrected chi connectivity index (χ2v) is 5.99. The molecule has 0 saturated heterocycles. The van der Waals surface area contributed by atoms with Crippen molar-refractivity contribution in [2.75, 3.05) is 0 Å². The lowest BCUT2D eigenvalue weighted by Gasteiger charge is -2.04. The number of Topliss-reactive ketones (excluding diaryl/α,β-unsaturated/α-hetero) is 1. The predicted molar refractivity (Wildman–Crippen MR) is 89.8 cm³/mol. The Hall–Kier alpha value is -1.18. The highest BCUT2D eigenvalue weighted by Crippen LogP contribution is 2.13. The standard InChI is InChI=1S/C19H31NO/c1-3-4-5-6-7-8-9-10-11-12-15-19(21)18-14-13-16-20-17(18)2/h13-14,16H,3-12,15H2,1-2H3. The summed E-state index contributed by atoms with van der Waals surface area (Å²) in [6, 6.07) is 3.74. The lowest BCUT2D eigenvalue weighted by molar-refractivity contribution is 0.0978. The van der Waals surface area contributed by atoms with Gasteiger partial charge in [-0.1, -0.05) is 64.7 Å². The molecule has 118 valence electrons. The number of hydrogen-bond donors (Lipinski definition) is 0. The second-order valence-electron chi connectivity index (χ2n) is 5.99. The van der Waals surface area contributed by atoms with Crippen molar-refractivity contribution in [1.82, 2.24) is 4.98 Å². The van der Waals surface area contributed by atoms with Gasteiger partial charge in [-0.2, -0.15) is 0 Å². The van der Waals surface area contributed by atoms with Gasteiger partial charge in [0.1, 0.15) is 0 Å². The fourth-order valence-electron chi connectivity index (χ4n) is 2.69. The molecule has 1 rings (SSSR count). The van der Waals surface area contributed by atoms with Crippen molar-refractivity contribution < 1.29 is 4.79 Å². The third-order valence-electron chi connectivity index (χ3n) is 4.06. The lowest BCUT2D eigenvalue weighted by Crippen LogP contribution is -2.02. The van der Waals surface area contributed by atoms with Crippen LogP contribution < -0.4 is 0 Å². The largest absolute Gasteiger partial charge is 0.294 e. The first-order valence-corrected chi connectivity index (χ1v) is 8.70. The Morgan fingerprint density at radius 1 is 0.952 bits per heavy atom. The quantitative estimate of drug-likeness (QED) is 0.355. The van der Waals surface area contributed by atoms with Gasteiger partial charge < -0.3 is 0 Å². The maximum atomic E-state index is 12.1. The summed E-state index contributed by atoms with van der Waals surface area (Å²) in [5, 5.41) is 0. The molecule has 2 nitrogen and oxygen atoms in total. The monoisotopic (exact) mass is 289 g/mol. The Kier molecular flexibility index (Phi) is 9.77. The second kappa shape index (κ2) is 11.5. The van der Waals surface area contributed by atoms with Crippen LogP contribution in [-0.2, 0) is 0 Å². The zero-order chi connectivity index (χ0) is 15.3. The molecular formula is C19H31NO. The zero-order valence-corrected chi connectivity index (χ0v) is 13.9. The summed E-state index contributed by atoms with van der Waals surface area (Å²) in [7, 11) is 0. The molecule has 0 aromatic carbocycles. The number of aryl methyl sites for hydroxylation is 1. The van der Waals surface area contributed by atoms with Gasteiger partial charge in [-0.05, 0) is 25.5 Å². The summed E-state index contributed by atoms with van der Waals surface area (Å²) in [5.74, 6) is 0.250. The average Bonchev–Trinajstić information content (AvgIpc) is 2.49. The summed E-state index contributed by atoms with van der Waals surface area (Å²) in [5.41, 5.74) is 1.66. The summed E-state index contributed by atoms with van der Waals surface area (Å²) in [6.07, 6.45) is 15.5. The van der Waals surface area contributed by atoms with E-state index in [1.54, 1.807) is 6.20 Å². The molecule has 0 saturated carbocycles. The van der Waals surface area contributed by atoms with Crippen molar-refractivity contribution in [2.45, 2.75) is 84.5 Å². The molecule has 0 aliphatic carbocycles. The smallest absolute Gasteiger partial charge is 0.164 e. The van der Waals surface area contributed by atoms with Crippen molar-refractivity contribution in [1.29, 1.82) is 0 Å². The van der Waals surface area contributed by atoms with E-state index in [4.69, 9.17) is 0 Å². The minimum Gasteiger partial charge on any atom is -0.294 e. The molecule has 1 heterocycles. The van der Waals surface area contributed by atoms with Gasteiger partial charge in [-0.25, -0.2) is 0 Å². The molecule has 0 atom stereocenters. The Bertz CT molecular complexity index is 400. The van der Waals surface area contributed by atoms with Gasteiger partial charge in [-0.15, -0.1) is 0 Å². The Morgan fingerprint density at radius 3 is 2.10 bits per heavy atom. The molecule has 0 aliphatic rings. The van der Waals surface area contributed by atoms with E-state index < -0.39 is 0 Å². The predicted octanol–water partition coefficient (Wildman–Crippen LogP) is 5.88. The van der Waals surface area contributed by atoms with Crippen molar-refractivity contribution in [2.24, 2.45) is 0 Å². The number of unbranched alkanes of at least 4 members (excludes halogenated alkanes) is 9. The maximum Gasteiger partial charge on any atom is 0.164 e. The van der Waals surface area contributed by atoms with E-state index in [0.717, 1.165) is 17.7 Å². The molecular weight excluding hydrogens is 258 g/mol. The fourth-order valence-corrected chi connectivity index (χ4v) is 2.69. The van der Waals surface area contributed by atoms with Gasteiger partial charge in [-0.3, -0.25) is 9.78 Å². The van der Waals surface area contributed by atoms with Gasteiger partial charge in [0.15, 0.2) is 5.78 Å². The van der Waals surface area contributed by atoms with E-state index in [1.165, 1.54) is 57.8 Å². The summed E-state index contributed by atoms with van der Waals surface area (Å²) >= 11 is 0. The molecule has 0 unspecified atom stereocenters. The molecule has 1 aromatic rings. The number of aromatic nitrogens is 1. The van der Waals surface area contributed by atoms with Gasteiger partial charge >= 0.3 is 0 Å². The van der Waals surface area contributed by atoms with Crippen LogP contribution in [0.1, 0.15) is 93.6 Å². The van der Waals surface area contributed by atoms with Crippen LogP contribution in [0.3, 0.4) is 0 Å². The van der Waals surface area contributed by atoms with Crippen molar-refractivity contribution >= 4 is 5.78 Å². The fraction of sp³-hybridized carbons (Fsp3) is 0.684. The molecule has 0 N–H and O–H groups in total. The number of ketones is 1. The number of hydrogen-bond acceptors (Lipinski definition) is 2. The number of pyridine rings is 1. The average molecular weight is 289 g/mol. The number of carbonyl (C=O) groups excluding carboxylic acids is 1. The van der Waals surface area contributed by atoms with Crippen molar-refractivity contribution in [3.8, 4) is 0 Å². The lowest BCUT2D eigenvalue weighted by atomic mass is 10.0. The molecule has 0 spiro atoms. The highest BCUT2D eigenvalue weighted by molar-refractivity contribution is 5.96. The summed E-state index contributed by atoms with van der Waals surface area (Å²) < 4.78 is 0. The third-order valence-corrected chi connectivity index (χ3v) is 4.06. The third kappa shape index (κ3) is 7.99. The van der Waals surface area contributed by atoms with E-state index in [9.17, 15) is 4.79 Å². The van der Waals surface area contributed by atoms with E-state index in [0.29, 0.717) is 6.42 Å². The van der Waals surface area contributed by atoms with Gasteiger partial charge in [0, 0.05) is 23.9 Å². The molecule has 0 bridgehead atoms. The maximum absolute atomic E-state index is 12.1. The molecule has 1 aromatic heterocycles. The first-order chi connectivity index (χ1) is 10.3. The van der Waals surface area contributed by atoms with Crippen LogP contribution in [0.5, 0.6) is 0 Å². The SMILES string of the molecule is CCCCCCCCCCCCC(=O)c1cccnc1C. The van der Waals surface area contributed by atoms with Crippen molar-refractivity contribution in [3.63, 3.8) is 0 Å². The van der Waals surface area contributed by atoms with Crippen LogP contribution in [-0.4, -0.2) is 10.8 Å². The topological polar surface area (TPSA) is 30.0 Å². The van der Waals surface area contributed by atoms with Crippen LogP contribution in [0.4, 0.5) is 0 Å². The highest BCUT2D eigenvalue weighted by Gasteiger charge is 2.08. The van der Waals surface area contributed by atoms with Crippen LogP contribution >= 0.6 is 0 Å². The van der Waals surface area contributed by atoms with Gasteiger partial charge in [0.2, 0.25) is 0 Å². The van der Waals surface area contributed by atoms with Crippen LogP contribution in [0.15, 0.2) is 18.3 Å². The minimum absolute atomic E-state index is 0.250. The first-order valence-electron chi connectivity index (χ1n) is 8.70. The Morgan fingerprint density at radius 2 is 1.52 bits per heavy atom. The van der Waals surface area contributed by atoms with E-state index in [2.05, 4.69) is 11.9 Å². The molecule has 0 radical (unpaired) electrons. The van der Waals surface area contributed by atoms with Gasteiger partial charge in [0.05, 0.1) is 0 Å². The zero-order valence-electron chi connectivity index (χ0n) is 13.9. The normalized spacial score (nSPS) is 10.8. The van der Waals surface area contributed by atoms with Crippen molar-refractivity contribution in [3.05, 3.63) is 29.6 Å². The minimum atomic E-state index is 0.250. The van der Waals surface area contributed by atoms with E-state index in [-0.39, 0.29) is 5.78 Å². The van der Waals surface area contributed by atoms with Gasteiger partial charge in [0.25, 0.3) is 0 Å². The van der Waals surface area contributed by atoms with E-state index in [1.807, 2.05) is 19.1 Å². The number of nitrogens with zero attached hydrogens (tertiary/aromatic N) is 1. The number of rotatable bonds is 12. The molecule has 2 heteroatoms.